The van der Waals surface area contributed by atoms with Crippen LogP contribution in [-0.4, -0.2) is 29.0 Å². The molecule has 1 saturated heterocycles. The van der Waals surface area contributed by atoms with E-state index in [2.05, 4.69) is 0 Å². The van der Waals surface area contributed by atoms with Crippen LogP contribution in [0.25, 0.3) is 0 Å². The Bertz CT molecular complexity index is 609. The number of carbonyl (C=O) groups excluding carboxylic acids is 1. The highest BCUT2D eigenvalue weighted by atomic mass is 19.1. The third-order valence-electron chi connectivity index (χ3n) is 6.87. The van der Waals surface area contributed by atoms with Crippen molar-refractivity contribution in [1.82, 2.24) is 4.90 Å². The van der Waals surface area contributed by atoms with Crippen LogP contribution < -0.4 is 0 Å². The molecule has 4 unspecified atom stereocenters. The zero-order valence-electron chi connectivity index (χ0n) is 14.7. The lowest BCUT2D eigenvalue weighted by atomic mass is 9.85. The van der Waals surface area contributed by atoms with E-state index in [4.69, 9.17) is 0 Å². The van der Waals surface area contributed by atoms with E-state index in [1.54, 1.807) is 12.1 Å². The van der Waals surface area contributed by atoms with Crippen LogP contribution in [0, 0.1) is 29.5 Å². The van der Waals surface area contributed by atoms with E-state index in [-0.39, 0.29) is 11.7 Å². The summed E-state index contributed by atoms with van der Waals surface area (Å²) in [5.41, 5.74) is 0.771. The zero-order chi connectivity index (χ0) is 17.4. The van der Waals surface area contributed by atoms with Gasteiger partial charge in [-0.3, -0.25) is 4.79 Å². The van der Waals surface area contributed by atoms with E-state index in [9.17, 15) is 14.3 Å². The molecular weight excluding hydrogens is 317 g/mol. The first-order valence-electron chi connectivity index (χ1n) is 9.81. The normalized spacial score (nSPS) is 30.6. The van der Waals surface area contributed by atoms with E-state index in [0.29, 0.717) is 11.8 Å². The van der Waals surface area contributed by atoms with Crippen LogP contribution in [0.4, 0.5) is 4.39 Å². The molecule has 25 heavy (non-hydrogen) atoms. The summed E-state index contributed by atoms with van der Waals surface area (Å²) < 4.78 is 13.0. The van der Waals surface area contributed by atoms with Gasteiger partial charge < -0.3 is 10.0 Å². The molecule has 136 valence electrons. The highest BCUT2D eigenvalue weighted by molar-refractivity contribution is 5.76. The summed E-state index contributed by atoms with van der Waals surface area (Å²) >= 11 is 0. The van der Waals surface area contributed by atoms with Gasteiger partial charge in [-0.15, -0.1) is 0 Å². The molecule has 0 spiro atoms. The van der Waals surface area contributed by atoms with Crippen LogP contribution in [0.1, 0.15) is 56.6 Å². The van der Waals surface area contributed by atoms with Gasteiger partial charge in [0, 0.05) is 19.5 Å². The predicted octanol–water partition coefficient (Wildman–Crippen LogP) is 3.92. The van der Waals surface area contributed by atoms with Crippen LogP contribution in [-0.2, 0) is 4.79 Å². The van der Waals surface area contributed by atoms with Crippen molar-refractivity contribution in [3.8, 4) is 0 Å². The van der Waals surface area contributed by atoms with Crippen molar-refractivity contribution in [1.29, 1.82) is 0 Å². The number of hydrogen-bond donors (Lipinski definition) is 1. The number of aliphatic hydroxyl groups is 1. The van der Waals surface area contributed by atoms with E-state index >= 15 is 0 Å². The number of benzene rings is 1. The minimum atomic E-state index is -0.566. The fourth-order valence-corrected chi connectivity index (χ4v) is 5.38. The second-order valence-corrected chi connectivity index (χ2v) is 8.35. The molecule has 0 radical (unpaired) electrons. The molecule has 3 fully saturated rings. The van der Waals surface area contributed by atoms with Crippen LogP contribution >= 0.6 is 0 Å². The Morgan fingerprint density at radius 3 is 2.44 bits per heavy atom. The van der Waals surface area contributed by atoms with Gasteiger partial charge in [-0.1, -0.05) is 18.6 Å². The van der Waals surface area contributed by atoms with Crippen LogP contribution in [0.15, 0.2) is 24.3 Å². The van der Waals surface area contributed by atoms with Gasteiger partial charge in [0.1, 0.15) is 5.82 Å². The van der Waals surface area contributed by atoms with Gasteiger partial charge in [-0.2, -0.15) is 0 Å². The first kappa shape index (κ1) is 17.0. The number of rotatable bonds is 4. The van der Waals surface area contributed by atoms with Gasteiger partial charge in [-0.05, 0) is 73.5 Å². The molecule has 1 heterocycles. The first-order chi connectivity index (χ1) is 12.1. The van der Waals surface area contributed by atoms with Gasteiger partial charge in [-0.25, -0.2) is 4.39 Å². The lowest BCUT2D eigenvalue weighted by Gasteiger charge is -2.35. The van der Waals surface area contributed by atoms with Crippen molar-refractivity contribution in [2.24, 2.45) is 23.7 Å². The number of amides is 1. The Kier molecular flexibility index (Phi) is 4.81. The summed E-state index contributed by atoms with van der Waals surface area (Å²) in [7, 11) is 0. The Balaban J connectivity index is 1.27. The smallest absolute Gasteiger partial charge is 0.222 e. The molecule has 1 N–H and O–H groups in total. The Hall–Kier alpha value is -1.42. The van der Waals surface area contributed by atoms with Gasteiger partial charge in [0.05, 0.1) is 6.10 Å². The average molecular weight is 345 g/mol. The second kappa shape index (κ2) is 7.06. The number of carbonyl (C=O) groups is 1. The van der Waals surface area contributed by atoms with Gasteiger partial charge in [0.15, 0.2) is 0 Å². The number of nitrogens with zero attached hydrogens (tertiary/aromatic N) is 1. The van der Waals surface area contributed by atoms with E-state index in [1.807, 2.05) is 4.90 Å². The summed E-state index contributed by atoms with van der Waals surface area (Å²) in [4.78, 5) is 14.6. The fraction of sp³-hybridized carbons (Fsp3) is 0.667. The number of halogens is 1. The Morgan fingerprint density at radius 2 is 1.84 bits per heavy atom. The Labute approximate surface area is 149 Å². The van der Waals surface area contributed by atoms with Crippen molar-refractivity contribution >= 4 is 5.91 Å². The maximum atomic E-state index is 13.0. The standard InChI is InChI=1S/C21H28FNO2/c22-19-5-3-15(4-6-19)21(25)16-7-9-23(10-8-16)20(24)13-18-12-14-1-2-17(18)11-14/h3-6,14,16-18,21,25H,1-2,7-13H2. The van der Waals surface area contributed by atoms with Crippen molar-refractivity contribution < 1.29 is 14.3 Å². The molecule has 1 aliphatic heterocycles. The third kappa shape index (κ3) is 3.59. The summed E-state index contributed by atoms with van der Waals surface area (Å²) in [6, 6.07) is 6.11. The van der Waals surface area contributed by atoms with Crippen LogP contribution in [0.3, 0.4) is 0 Å². The largest absolute Gasteiger partial charge is 0.388 e. The minimum Gasteiger partial charge on any atom is -0.388 e. The van der Waals surface area contributed by atoms with Gasteiger partial charge >= 0.3 is 0 Å². The SMILES string of the molecule is O=C(CC1CC2CCC1C2)N1CCC(C(O)c2ccc(F)cc2)CC1. The maximum Gasteiger partial charge on any atom is 0.222 e. The highest BCUT2D eigenvalue weighted by Gasteiger charge is 2.41. The summed E-state index contributed by atoms with van der Waals surface area (Å²) in [6.07, 6.45) is 7.12. The molecule has 4 atom stereocenters. The number of hydrogen-bond acceptors (Lipinski definition) is 2. The molecule has 2 aliphatic carbocycles. The predicted molar refractivity (Wildman–Crippen MR) is 94.2 cm³/mol. The molecule has 0 aromatic heterocycles. The van der Waals surface area contributed by atoms with Crippen LogP contribution in [0.5, 0.6) is 0 Å². The molecular formula is C21H28FNO2. The van der Waals surface area contributed by atoms with Crippen molar-refractivity contribution in [2.75, 3.05) is 13.1 Å². The average Bonchev–Trinajstić information content (AvgIpc) is 3.25. The minimum absolute atomic E-state index is 0.150. The van der Waals surface area contributed by atoms with Crippen molar-refractivity contribution in [3.05, 3.63) is 35.6 Å². The second-order valence-electron chi connectivity index (χ2n) is 8.35. The molecule has 3 aliphatic rings. The molecule has 1 amide bonds. The molecule has 1 aromatic carbocycles. The van der Waals surface area contributed by atoms with Gasteiger partial charge in [0.2, 0.25) is 5.91 Å². The van der Waals surface area contributed by atoms with Crippen molar-refractivity contribution in [2.45, 2.75) is 51.0 Å². The fourth-order valence-electron chi connectivity index (χ4n) is 5.38. The summed E-state index contributed by atoms with van der Waals surface area (Å²) in [6.45, 7) is 1.48. The molecule has 2 bridgehead atoms. The van der Waals surface area contributed by atoms with Gasteiger partial charge in [0.25, 0.3) is 0 Å². The lowest BCUT2D eigenvalue weighted by molar-refractivity contribution is -0.134. The highest BCUT2D eigenvalue weighted by Crippen LogP contribution is 2.49. The Morgan fingerprint density at radius 1 is 1.12 bits per heavy atom. The molecule has 3 nitrogen and oxygen atoms in total. The third-order valence-corrected chi connectivity index (χ3v) is 6.87. The summed E-state index contributed by atoms with van der Waals surface area (Å²) in [5.74, 6) is 2.49. The quantitative estimate of drug-likeness (QED) is 0.898. The lowest BCUT2D eigenvalue weighted by Crippen LogP contribution is -2.40. The molecule has 4 heteroatoms. The van der Waals surface area contributed by atoms with Crippen LogP contribution in [0.2, 0.25) is 0 Å². The van der Waals surface area contributed by atoms with E-state index in [0.717, 1.165) is 49.8 Å². The first-order valence-corrected chi connectivity index (χ1v) is 9.81. The number of aliphatic hydroxyl groups excluding tert-OH is 1. The monoisotopic (exact) mass is 345 g/mol. The van der Waals surface area contributed by atoms with Crippen molar-refractivity contribution in [3.63, 3.8) is 0 Å². The number of fused-ring (bicyclic) bond motifs is 2. The zero-order valence-corrected chi connectivity index (χ0v) is 14.7. The summed E-state index contributed by atoms with van der Waals surface area (Å²) in [5, 5.41) is 10.5. The van der Waals surface area contributed by atoms with E-state index < -0.39 is 6.10 Å². The molecule has 2 saturated carbocycles. The number of piperidine rings is 1. The number of likely N-dealkylation sites (tertiary alicyclic amines) is 1. The maximum absolute atomic E-state index is 13.0. The molecule has 4 rings (SSSR count). The van der Waals surface area contributed by atoms with E-state index in [1.165, 1.54) is 37.8 Å². The topological polar surface area (TPSA) is 40.5 Å². The molecule has 1 aromatic rings.